The van der Waals surface area contributed by atoms with E-state index in [1.165, 1.54) is 11.8 Å². The van der Waals surface area contributed by atoms with Crippen LogP contribution in [0.2, 0.25) is 5.02 Å². The van der Waals surface area contributed by atoms with Gasteiger partial charge in [-0.05, 0) is 30.0 Å². The molecule has 96 valence electrons. The first-order valence-electron chi connectivity index (χ1n) is 5.70. The van der Waals surface area contributed by atoms with Crippen LogP contribution in [0.5, 0.6) is 0 Å². The van der Waals surface area contributed by atoms with Gasteiger partial charge >= 0.3 is 0 Å². The standard InChI is InChI=1S/C14H11ClN2S2/c1-2-18-12-4-3-5-13(11(12)8-16)19-14-7-6-10(15)9-17-14/h3-7,9H,2H2,1H3. The Morgan fingerprint density at radius 1 is 1.26 bits per heavy atom. The summed E-state index contributed by atoms with van der Waals surface area (Å²) in [6.07, 6.45) is 1.61. The fourth-order valence-electron chi connectivity index (χ4n) is 1.52. The van der Waals surface area contributed by atoms with Crippen molar-refractivity contribution in [1.82, 2.24) is 4.98 Å². The molecule has 0 N–H and O–H groups in total. The van der Waals surface area contributed by atoms with Crippen molar-refractivity contribution in [3.05, 3.63) is 47.1 Å². The average Bonchev–Trinajstić information content (AvgIpc) is 2.42. The Balaban J connectivity index is 2.32. The van der Waals surface area contributed by atoms with E-state index in [9.17, 15) is 5.26 Å². The number of hydrogen-bond acceptors (Lipinski definition) is 4. The number of thioether (sulfide) groups is 1. The van der Waals surface area contributed by atoms with Crippen molar-refractivity contribution >= 4 is 35.1 Å². The molecule has 1 aromatic carbocycles. The zero-order chi connectivity index (χ0) is 13.7. The van der Waals surface area contributed by atoms with Gasteiger partial charge in [-0.3, -0.25) is 0 Å². The van der Waals surface area contributed by atoms with Crippen LogP contribution in [0.15, 0.2) is 51.3 Å². The van der Waals surface area contributed by atoms with Gasteiger partial charge in [0.25, 0.3) is 0 Å². The van der Waals surface area contributed by atoms with Crippen LogP contribution < -0.4 is 0 Å². The number of halogens is 1. The highest BCUT2D eigenvalue weighted by molar-refractivity contribution is 8.00. The van der Waals surface area contributed by atoms with Gasteiger partial charge in [0.05, 0.1) is 10.6 Å². The van der Waals surface area contributed by atoms with Gasteiger partial charge in [0.1, 0.15) is 11.1 Å². The van der Waals surface area contributed by atoms with Crippen LogP contribution in [-0.2, 0) is 0 Å². The summed E-state index contributed by atoms with van der Waals surface area (Å²) in [4.78, 5) is 6.18. The van der Waals surface area contributed by atoms with Crippen molar-refractivity contribution in [2.24, 2.45) is 0 Å². The molecule has 0 fully saturated rings. The average molecular weight is 307 g/mol. The first-order chi connectivity index (χ1) is 9.24. The molecule has 2 aromatic rings. The number of aromatic nitrogens is 1. The molecule has 2 rings (SSSR count). The van der Waals surface area contributed by atoms with E-state index in [-0.39, 0.29) is 0 Å². The van der Waals surface area contributed by atoms with E-state index in [2.05, 4.69) is 18.0 Å². The highest BCUT2D eigenvalue weighted by Crippen LogP contribution is 2.34. The first-order valence-corrected chi connectivity index (χ1v) is 7.88. The molecular formula is C14H11ClN2S2. The summed E-state index contributed by atoms with van der Waals surface area (Å²) < 4.78 is 0. The summed E-state index contributed by atoms with van der Waals surface area (Å²) in [5.74, 6) is 0.946. The molecule has 0 spiro atoms. The minimum absolute atomic E-state index is 0.611. The molecule has 5 heteroatoms. The van der Waals surface area contributed by atoms with E-state index < -0.39 is 0 Å². The molecule has 2 nitrogen and oxygen atoms in total. The second kappa shape index (κ2) is 6.85. The first kappa shape index (κ1) is 14.3. The molecule has 0 aliphatic rings. The number of nitrogens with zero attached hydrogens (tertiary/aromatic N) is 2. The van der Waals surface area contributed by atoms with Crippen LogP contribution in [0.1, 0.15) is 12.5 Å². The lowest BCUT2D eigenvalue weighted by molar-refractivity contribution is 1.13. The Morgan fingerprint density at radius 2 is 2.05 bits per heavy atom. The van der Waals surface area contributed by atoms with Crippen molar-refractivity contribution in [3.8, 4) is 6.07 Å². The third kappa shape index (κ3) is 3.66. The largest absolute Gasteiger partial charge is 0.248 e. The number of nitriles is 1. The van der Waals surface area contributed by atoms with Crippen LogP contribution in [0.25, 0.3) is 0 Å². The molecule has 0 saturated heterocycles. The van der Waals surface area contributed by atoms with Gasteiger partial charge < -0.3 is 0 Å². The molecule has 0 amide bonds. The maximum absolute atomic E-state index is 9.33. The number of benzene rings is 1. The smallest absolute Gasteiger partial charge is 0.102 e. The normalized spacial score (nSPS) is 10.2. The zero-order valence-corrected chi connectivity index (χ0v) is 12.6. The minimum atomic E-state index is 0.611. The molecule has 0 bridgehead atoms. The lowest BCUT2D eigenvalue weighted by Gasteiger charge is -2.07. The van der Waals surface area contributed by atoms with Gasteiger partial charge in [0, 0.05) is 16.0 Å². The van der Waals surface area contributed by atoms with Crippen LogP contribution in [-0.4, -0.2) is 10.7 Å². The maximum atomic E-state index is 9.33. The Labute approximate surface area is 126 Å². The Kier molecular flexibility index (Phi) is 5.15. The van der Waals surface area contributed by atoms with E-state index >= 15 is 0 Å². The summed E-state index contributed by atoms with van der Waals surface area (Å²) in [5.41, 5.74) is 0.719. The van der Waals surface area contributed by atoms with Crippen LogP contribution in [0.4, 0.5) is 0 Å². The SMILES string of the molecule is CCSc1cccc(Sc2ccc(Cl)cn2)c1C#N. The summed E-state index contributed by atoms with van der Waals surface area (Å²) in [7, 11) is 0. The van der Waals surface area contributed by atoms with Gasteiger partial charge in [-0.2, -0.15) is 5.26 Å². The van der Waals surface area contributed by atoms with E-state index in [1.54, 1.807) is 24.0 Å². The van der Waals surface area contributed by atoms with E-state index in [0.717, 1.165) is 26.1 Å². The maximum Gasteiger partial charge on any atom is 0.102 e. The molecular weight excluding hydrogens is 296 g/mol. The molecule has 0 unspecified atom stereocenters. The second-order valence-electron chi connectivity index (χ2n) is 3.59. The van der Waals surface area contributed by atoms with Crippen molar-refractivity contribution < 1.29 is 0 Å². The summed E-state index contributed by atoms with van der Waals surface area (Å²) in [5, 5.41) is 10.8. The third-order valence-electron chi connectivity index (χ3n) is 2.31. The van der Waals surface area contributed by atoms with Gasteiger partial charge in [-0.15, -0.1) is 11.8 Å². The fourth-order valence-corrected chi connectivity index (χ4v) is 3.35. The molecule has 0 aliphatic carbocycles. The predicted octanol–water partition coefficient (Wildman–Crippen LogP) is 4.87. The molecule has 0 radical (unpaired) electrons. The van der Waals surface area contributed by atoms with Crippen molar-refractivity contribution in [2.75, 3.05) is 5.75 Å². The molecule has 1 aromatic heterocycles. The second-order valence-corrected chi connectivity index (χ2v) is 6.40. The quantitative estimate of drug-likeness (QED) is 0.755. The lowest BCUT2D eigenvalue weighted by atomic mass is 10.2. The summed E-state index contributed by atoms with van der Waals surface area (Å²) in [6.45, 7) is 2.08. The summed E-state index contributed by atoms with van der Waals surface area (Å²) in [6, 6.07) is 11.8. The highest BCUT2D eigenvalue weighted by atomic mass is 35.5. The lowest BCUT2D eigenvalue weighted by Crippen LogP contribution is -1.87. The van der Waals surface area contributed by atoms with E-state index in [0.29, 0.717) is 5.02 Å². The predicted molar refractivity (Wildman–Crippen MR) is 80.9 cm³/mol. The van der Waals surface area contributed by atoms with E-state index in [4.69, 9.17) is 11.6 Å². The Morgan fingerprint density at radius 3 is 2.68 bits per heavy atom. The van der Waals surface area contributed by atoms with Crippen molar-refractivity contribution in [1.29, 1.82) is 5.26 Å². The molecule has 0 saturated carbocycles. The Bertz CT molecular complexity index is 606. The van der Waals surface area contributed by atoms with E-state index in [1.807, 2.05) is 24.3 Å². The van der Waals surface area contributed by atoms with Crippen LogP contribution in [0, 0.1) is 11.3 Å². The molecule has 0 aliphatic heterocycles. The highest BCUT2D eigenvalue weighted by Gasteiger charge is 2.09. The van der Waals surface area contributed by atoms with Gasteiger partial charge in [-0.1, -0.05) is 36.4 Å². The number of hydrogen-bond donors (Lipinski definition) is 0. The number of pyridine rings is 1. The van der Waals surface area contributed by atoms with Crippen LogP contribution >= 0.6 is 35.1 Å². The third-order valence-corrected chi connectivity index (χ3v) is 4.49. The zero-order valence-electron chi connectivity index (χ0n) is 10.3. The fraction of sp³-hybridized carbons (Fsp3) is 0.143. The monoisotopic (exact) mass is 306 g/mol. The van der Waals surface area contributed by atoms with Gasteiger partial charge in [-0.25, -0.2) is 4.98 Å². The van der Waals surface area contributed by atoms with Gasteiger partial charge in [0.2, 0.25) is 0 Å². The number of rotatable bonds is 4. The Hall–Kier alpha value is -1.15. The van der Waals surface area contributed by atoms with Crippen molar-refractivity contribution in [2.45, 2.75) is 21.7 Å². The molecule has 0 atom stereocenters. The van der Waals surface area contributed by atoms with Crippen molar-refractivity contribution in [3.63, 3.8) is 0 Å². The van der Waals surface area contributed by atoms with Crippen LogP contribution in [0.3, 0.4) is 0 Å². The molecule has 1 heterocycles. The van der Waals surface area contributed by atoms with Gasteiger partial charge in [0.15, 0.2) is 0 Å². The molecule has 19 heavy (non-hydrogen) atoms. The minimum Gasteiger partial charge on any atom is -0.248 e. The summed E-state index contributed by atoms with van der Waals surface area (Å²) >= 11 is 8.97. The topological polar surface area (TPSA) is 36.7 Å².